The number of nitrogen functional groups attached to an aromatic ring is 1. The fraction of sp³-hybridized carbons (Fsp3) is 0.200. The summed E-state index contributed by atoms with van der Waals surface area (Å²) in [6.07, 6.45) is 2.16. The van der Waals surface area contributed by atoms with E-state index in [1.54, 1.807) is 0 Å². The first kappa shape index (κ1) is 22.3. The Bertz CT molecular complexity index is 1440. The molecule has 1 aliphatic rings. The van der Waals surface area contributed by atoms with Crippen molar-refractivity contribution in [2.24, 2.45) is 0 Å². The molecule has 36 heavy (non-hydrogen) atoms. The smallest absolute Gasteiger partial charge is 0.155 e. The number of piperidine rings is 1. The van der Waals surface area contributed by atoms with Crippen LogP contribution in [-0.4, -0.2) is 33.2 Å². The van der Waals surface area contributed by atoms with Crippen molar-refractivity contribution in [2.45, 2.75) is 25.3 Å². The van der Waals surface area contributed by atoms with E-state index in [-0.39, 0.29) is 0 Å². The largest absolute Gasteiger partial charge is 0.457 e. The van der Waals surface area contributed by atoms with Crippen LogP contribution in [0, 0.1) is 0 Å². The van der Waals surface area contributed by atoms with Gasteiger partial charge in [0, 0.05) is 23.7 Å². The molecule has 0 unspecified atom stereocenters. The van der Waals surface area contributed by atoms with Gasteiger partial charge < -0.3 is 10.5 Å². The summed E-state index contributed by atoms with van der Waals surface area (Å²) < 4.78 is 5.97. The molecule has 1 saturated heterocycles. The first-order chi connectivity index (χ1) is 17.7. The zero-order chi connectivity index (χ0) is 24.3. The minimum atomic E-state index is 0.408. The molecule has 6 nitrogen and oxygen atoms in total. The molecular formula is C30H29N5O. The Morgan fingerprint density at radius 1 is 0.861 bits per heavy atom. The Hall–Kier alpha value is -4.16. The predicted molar refractivity (Wildman–Crippen MR) is 144 cm³/mol. The summed E-state index contributed by atoms with van der Waals surface area (Å²) in [4.78, 5) is 7.68. The third-order valence-electron chi connectivity index (χ3n) is 6.95. The molecule has 1 aliphatic heterocycles. The summed E-state index contributed by atoms with van der Waals surface area (Å²) in [5.74, 6) is 2.47. The van der Waals surface area contributed by atoms with Crippen molar-refractivity contribution in [3.63, 3.8) is 0 Å². The second-order valence-corrected chi connectivity index (χ2v) is 9.40. The molecule has 0 saturated carbocycles. The molecule has 1 fully saturated rings. The molecule has 6 rings (SSSR count). The topological polar surface area (TPSA) is 80.1 Å². The molecule has 3 aromatic carbocycles. The molecular weight excluding hydrogens is 446 g/mol. The molecule has 0 atom stereocenters. The number of nitrogens with zero attached hydrogens (tertiary/aromatic N) is 3. The second-order valence-electron chi connectivity index (χ2n) is 9.40. The number of ether oxygens (including phenoxy) is 1. The Morgan fingerprint density at radius 2 is 1.53 bits per heavy atom. The standard InChI is InChI=1S/C30H29N5O/c31-30-28-27(33-34-30)19-26(22-15-17-35(18-16-22)20-21-7-3-1-4-8-21)32-29(28)23-11-13-25(14-12-23)36-24-9-5-2-6-10-24/h1-14,19,22H,15-18,20H2,(H3,31,33,34). The number of benzene rings is 3. The van der Waals surface area contributed by atoms with E-state index in [2.05, 4.69) is 51.5 Å². The molecule has 0 bridgehead atoms. The molecule has 5 aromatic rings. The number of rotatable bonds is 6. The molecule has 0 aliphatic carbocycles. The van der Waals surface area contributed by atoms with Crippen molar-refractivity contribution in [3.05, 3.63) is 102 Å². The zero-order valence-electron chi connectivity index (χ0n) is 20.1. The lowest BCUT2D eigenvalue weighted by molar-refractivity contribution is 0.203. The molecule has 2 aromatic heterocycles. The van der Waals surface area contributed by atoms with Gasteiger partial charge >= 0.3 is 0 Å². The molecule has 0 radical (unpaired) electrons. The minimum absolute atomic E-state index is 0.408. The number of aromatic amines is 1. The molecule has 3 heterocycles. The number of anilines is 1. The third kappa shape index (κ3) is 4.68. The highest BCUT2D eigenvalue weighted by Gasteiger charge is 2.24. The fourth-order valence-corrected chi connectivity index (χ4v) is 5.04. The van der Waals surface area contributed by atoms with Crippen molar-refractivity contribution in [1.29, 1.82) is 0 Å². The van der Waals surface area contributed by atoms with Crippen molar-refractivity contribution >= 4 is 16.7 Å². The van der Waals surface area contributed by atoms with Crippen molar-refractivity contribution in [3.8, 4) is 22.8 Å². The molecule has 0 amide bonds. The van der Waals surface area contributed by atoms with Crippen LogP contribution >= 0.6 is 0 Å². The highest BCUT2D eigenvalue weighted by molar-refractivity contribution is 6.00. The lowest BCUT2D eigenvalue weighted by Gasteiger charge is -2.32. The van der Waals surface area contributed by atoms with E-state index in [0.717, 1.165) is 71.8 Å². The number of aromatic nitrogens is 3. The van der Waals surface area contributed by atoms with E-state index in [0.29, 0.717) is 11.7 Å². The third-order valence-corrected chi connectivity index (χ3v) is 6.95. The number of pyridine rings is 1. The Labute approximate surface area is 210 Å². The summed E-state index contributed by atoms with van der Waals surface area (Å²) >= 11 is 0. The van der Waals surface area contributed by atoms with Crippen LogP contribution in [0.15, 0.2) is 91.0 Å². The van der Waals surface area contributed by atoms with Crippen molar-refractivity contribution < 1.29 is 4.74 Å². The van der Waals surface area contributed by atoms with Gasteiger partial charge in [0.05, 0.1) is 16.6 Å². The van der Waals surface area contributed by atoms with E-state index in [1.165, 1.54) is 5.56 Å². The van der Waals surface area contributed by atoms with E-state index in [4.69, 9.17) is 15.5 Å². The van der Waals surface area contributed by atoms with Crippen LogP contribution < -0.4 is 10.5 Å². The number of nitrogens with two attached hydrogens (primary N) is 1. The van der Waals surface area contributed by atoms with Crippen molar-refractivity contribution in [2.75, 3.05) is 18.8 Å². The van der Waals surface area contributed by atoms with Crippen LogP contribution in [0.4, 0.5) is 5.82 Å². The number of hydrogen-bond acceptors (Lipinski definition) is 5. The van der Waals surface area contributed by atoms with Crippen molar-refractivity contribution in [1.82, 2.24) is 20.1 Å². The lowest BCUT2D eigenvalue weighted by atomic mass is 9.91. The summed E-state index contributed by atoms with van der Waals surface area (Å²) in [6, 6.07) is 30.6. The lowest BCUT2D eigenvalue weighted by Crippen LogP contribution is -2.32. The van der Waals surface area contributed by atoms with E-state index in [1.807, 2.05) is 54.6 Å². The van der Waals surface area contributed by atoms with Gasteiger partial charge in [-0.25, -0.2) is 0 Å². The average molecular weight is 476 g/mol. The van der Waals surface area contributed by atoms with E-state index >= 15 is 0 Å². The first-order valence-corrected chi connectivity index (χ1v) is 12.5. The van der Waals surface area contributed by atoms with Gasteiger partial charge in [-0.1, -0.05) is 48.5 Å². The van der Waals surface area contributed by atoms with Crippen LogP contribution in [0.1, 0.15) is 30.0 Å². The highest BCUT2D eigenvalue weighted by atomic mass is 16.5. The fourth-order valence-electron chi connectivity index (χ4n) is 5.04. The van der Waals surface area contributed by atoms with Crippen LogP contribution in [-0.2, 0) is 6.54 Å². The van der Waals surface area contributed by atoms with E-state index in [9.17, 15) is 0 Å². The van der Waals surface area contributed by atoms with Gasteiger partial charge in [-0.05, 0) is 74.0 Å². The molecule has 180 valence electrons. The Kier molecular flexibility index (Phi) is 6.10. The molecule has 3 N–H and O–H groups in total. The summed E-state index contributed by atoms with van der Waals surface area (Å²) in [5, 5.41) is 8.27. The summed E-state index contributed by atoms with van der Waals surface area (Å²) in [6.45, 7) is 3.12. The summed E-state index contributed by atoms with van der Waals surface area (Å²) in [7, 11) is 0. The number of nitrogens with one attached hydrogen (secondary N) is 1. The van der Waals surface area contributed by atoms with Gasteiger partial charge in [0.15, 0.2) is 5.82 Å². The number of fused-ring (bicyclic) bond motifs is 1. The average Bonchev–Trinajstić information content (AvgIpc) is 3.31. The van der Waals surface area contributed by atoms with Gasteiger partial charge in [0.25, 0.3) is 0 Å². The molecule has 0 spiro atoms. The maximum atomic E-state index is 6.25. The highest BCUT2D eigenvalue weighted by Crippen LogP contribution is 2.36. The monoisotopic (exact) mass is 475 g/mol. The zero-order valence-corrected chi connectivity index (χ0v) is 20.1. The first-order valence-electron chi connectivity index (χ1n) is 12.5. The van der Waals surface area contributed by atoms with Crippen LogP contribution in [0.5, 0.6) is 11.5 Å². The minimum Gasteiger partial charge on any atom is -0.457 e. The number of hydrogen-bond donors (Lipinski definition) is 2. The van der Waals surface area contributed by atoms with Crippen LogP contribution in [0.3, 0.4) is 0 Å². The van der Waals surface area contributed by atoms with Crippen LogP contribution in [0.25, 0.3) is 22.2 Å². The Morgan fingerprint density at radius 3 is 2.25 bits per heavy atom. The SMILES string of the molecule is Nc1n[nH]c2cc(C3CCN(Cc4ccccc4)CC3)nc(-c3ccc(Oc4ccccc4)cc3)c12. The van der Waals surface area contributed by atoms with Gasteiger partial charge in [-0.2, -0.15) is 5.10 Å². The quantitative estimate of drug-likeness (QED) is 0.298. The van der Waals surface area contributed by atoms with Crippen LogP contribution in [0.2, 0.25) is 0 Å². The predicted octanol–water partition coefficient (Wildman–Crippen LogP) is 6.38. The maximum Gasteiger partial charge on any atom is 0.155 e. The number of H-pyrrole nitrogens is 1. The number of para-hydroxylation sites is 1. The maximum absolute atomic E-state index is 6.25. The van der Waals surface area contributed by atoms with Gasteiger partial charge in [-0.3, -0.25) is 15.0 Å². The van der Waals surface area contributed by atoms with Gasteiger partial charge in [0.2, 0.25) is 0 Å². The number of likely N-dealkylation sites (tertiary alicyclic amines) is 1. The second kappa shape index (κ2) is 9.84. The van der Waals surface area contributed by atoms with Gasteiger partial charge in [0.1, 0.15) is 11.5 Å². The summed E-state index contributed by atoms with van der Waals surface area (Å²) in [5.41, 5.74) is 11.5. The Balaban J connectivity index is 1.24. The normalized spacial score (nSPS) is 14.8. The molecule has 6 heteroatoms. The van der Waals surface area contributed by atoms with E-state index < -0.39 is 0 Å². The van der Waals surface area contributed by atoms with Gasteiger partial charge in [-0.15, -0.1) is 0 Å².